The first kappa shape index (κ1) is 24.6. The fourth-order valence-electron chi connectivity index (χ4n) is 3.13. The molecule has 0 radical (unpaired) electrons. The Balaban J connectivity index is 0.00000146. The maximum atomic E-state index is 12.2. The van der Waals surface area contributed by atoms with Crippen molar-refractivity contribution in [1.29, 1.82) is 0 Å². The van der Waals surface area contributed by atoms with E-state index in [0.29, 0.717) is 18.0 Å². The van der Waals surface area contributed by atoms with Gasteiger partial charge in [0.2, 0.25) is 0 Å². The molecule has 1 aromatic carbocycles. The Morgan fingerprint density at radius 1 is 1.04 bits per heavy atom. The van der Waals surface area contributed by atoms with Crippen molar-refractivity contribution < 1.29 is 17.9 Å². The molecule has 1 heterocycles. The van der Waals surface area contributed by atoms with Crippen molar-refractivity contribution >= 4 is 5.69 Å². The molecule has 1 fully saturated rings. The van der Waals surface area contributed by atoms with E-state index in [1.807, 2.05) is 34.7 Å². The molecule has 6 heteroatoms. The zero-order valence-corrected chi connectivity index (χ0v) is 17.4. The molecule has 3 atom stereocenters. The third kappa shape index (κ3) is 7.44. The minimum atomic E-state index is -4.65. The summed E-state index contributed by atoms with van der Waals surface area (Å²) in [5.41, 5.74) is 0.906. The Kier molecular flexibility index (Phi) is 10.7. The zero-order valence-electron chi connectivity index (χ0n) is 17.4. The topological polar surface area (TPSA) is 15.7 Å². The predicted octanol–water partition coefficient (Wildman–Crippen LogP) is 5.80. The fraction of sp³-hybridized carbons (Fsp3) is 0.700. The average Bonchev–Trinajstić information content (AvgIpc) is 2.60. The lowest BCUT2D eigenvalue weighted by Gasteiger charge is -2.44. The number of anilines is 1. The number of ether oxygens (including phenoxy) is 1. The molecular formula is C20H35F3N2O. The van der Waals surface area contributed by atoms with Crippen LogP contribution in [0.4, 0.5) is 18.9 Å². The molecular weight excluding hydrogens is 341 g/mol. The monoisotopic (exact) mass is 376 g/mol. The highest BCUT2D eigenvalue weighted by Crippen LogP contribution is 2.30. The van der Waals surface area contributed by atoms with Gasteiger partial charge in [-0.05, 0) is 50.6 Å². The fourth-order valence-corrected chi connectivity index (χ4v) is 3.13. The maximum absolute atomic E-state index is 12.2. The van der Waals surface area contributed by atoms with E-state index in [2.05, 4.69) is 35.4 Å². The highest BCUT2D eigenvalue weighted by atomic mass is 19.4. The summed E-state index contributed by atoms with van der Waals surface area (Å²) in [5, 5.41) is 0. The van der Waals surface area contributed by atoms with Crippen LogP contribution in [-0.2, 0) is 0 Å². The second-order valence-electron chi connectivity index (χ2n) is 6.22. The summed E-state index contributed by atoms with van der Waals surface area (Å²) in [6.07, 6.45) is -3.61. The van der Waals surface area contributed by atoms with Crippen LogP contribution >= 0.6 is 0 Å². The van der Waals surface area contributed by atoms with E-state index >= 15 is 0 Å². The normalized spacial score (nSPS) is 23.1. The van der Waals surface area contributed by atoms with Crippen molar-refractivity contribution in [2.75, 3.05) is 25.5 Å². The molecule has 152 valence electrons. The van der Waals surface area contributed by atoms with Crippen molar-refractivity contribution in [2.24, 2.45) is 5.92 Å². The molecule has 3 nitrogen and oxygen atoms in total. The Labute approximate surface area is 157 Å². The summed E-state index contributed by atoms with van der Waals surface area (Å²) >= 11 is 0. The summed E-state index contributed by atoms with van der Waals surface area (Å²) in [4.78, 5) is 4.50. The molecule has 26 heavy (non-hydrogen) atoms. The maximum Gasteiger partial charge on any atom is 0.573 e. The molecule has 1 saturated heterocycles. The summed E-state index contributed by atoms with van der Waals surface area (Å²) in [5.74, 6) is 0.312. The van der Waals surface area contributed by atoms with Gasteiger partial charge in [-0.25, -0.2) is 0 Å². The van der Waals surface area contributed by atoms with Crippen molar-refractivity contribution in [3.8, 4) is 5.75 Å². The minimum absolute atomic E-state index is 0.186. The molecule has 1 aliphatic rings. The van der Waals surface area contributed by atoms with Gasteiger partial charge >= 0.3 is 6.36 Å². The van der Waals surface area contributed by atoms with Crippen LogP contribution in [-0.4, -0.2) is 44.0 Å². The lowest BCUT2D eigenvalue weighted by molar-refractivity contribution is -0.274. The highest BCUT2D eigenvalue weighted by molar-refractivity contribution is 5.49. The van der Waals surface area contributed by atoms with Crippen molar-refractivity contribution in [1.82, 2.24) is 4.90 Å². The second-order valence-corrected chi connectivity index (χ2v) is 6.22. The van der Waals surface area contributed by atoms with E-state index in [-0.39, 0.29) is 5.75 Å². The van der Waals surface area contributed by atoms with Crippen LogP contribution in [0.1, 0.15) is 48.0 Å². The van der Waals surface area contributed by atoms with Crippen LogP contribution in [0.15, 0.2) is 24.3 Å². The van der Waals surface area contributed by atoms with Gasteiger partial charge in [-0.3, -0.25) is 0 Å². The second kappa shape index (κ2) is 11.3. The first-order valence-electron chi connectivity index (χ1n) is 9.46. The van der Waals surface area contributed by atoms with E-state index in [0.717, 1.165) is 18.7 Å². The Morgan fingerprint density at radius 2 is 1.54 bits per heavy atom. The van der Waals surface area contributed by atoms with Gasteiger partial charge in [0, 0.05) is 31.4 Å². The highest BCUT2D eigenvalue weighted by Gasteiger charge is 2.32. The molecule has 1 aliphatic heterocycles. The average molecular weight is 377 g/mol. The standard InChI is InChI=1S/C16H23F3N2O.2C2H6/c1-11-10-20(3)12(2)9-15(11)21(4)13-5-7-14(8-6-13)22-16(17,18)19;2*1-2/h5-8,11-12,15H,9-10H2,1-4H3;2*1-2H3. The molecule has 0 N–H and O–H groups in total. The number of alkyl halides is 3. The lowest BCUT2D eigenvalue weighted by Crippen LogP contribution is -2.51. The van der Waals surface area contributed by atoms with Crippen molar-refractivity contribution in [3.63, 3.8) is 0 Å². The van der Waals surface area contributed by atoms with Crippen LogP contribution in [0.3, 0.4) is 0 Å². The van der Waals surface area contributed by atoms with E-state index in [4.69, 9.17) is 0 Å². The summed E-state index contributed by atoms with van der Waals surface area (Å²) in [6, 6.07) is 6.95. The quantitative estimate of drug-likeness (QED) is 0.663. The van der Waals surface area contributed by atoms with Gasteiger partial charge in [0.25, 0.3) is 0 Å². The van der Waals surface area contributed by atoms with Crippen molar-refractivity contribution in [2.45, 2.75) is 66.4 Å². The van der Waals surface area contributed by atoms with Crippen molar-refractivity contribution in [3.05, 3.63) is 24.3 Å². The summed E-state index contributed by atoms with van der Waals surface area (Å²) < 4.78 is 40.5. The van der Waals surface area contributed by atoms with Crippen LogP contribution < -0.4 is 9.64 Å². The number of hydrogen-bond donors (Lipinski definition) is 0. The van der Waals surface area contributed by atoms with E-state index in [1.54, 1.807) is 12.1 Å². The SMILES string of the molecule is CC.CC.CC1CN(C)C(C)CC1N(C)c1ccc(OC(F)(F)F)cc1. The van der Waals surface area contributed by atoms with E-state index in [9.17, 15) is 13.2 Å². The molecule has 0 bridgehead atoms. The van der Waals surface area contributed by atoms with Gasteiger partial charge in [0.05, 0.1) is 0 Å². The molecule has 3 unspecified atom stereocenters. The van der Waals surface area contributed by atoms with Gasteiger partial charge in [0.1, 0.15) is 5.75 Å². The third-order valence-corrected chi connectivity index (χ3v) is 4.54. The number of hydrogen-bond acceptors (Lipinski definition) is 3. The van der Waals surface area contributed by atoms with Gasteiger partial charge in [-0.15, -0.1) is 13.2 Å². The molecule has 0 saturated carbocycles. The smallest absolute Gasteiger partial charge is 0.406 e. The molecule has 0 aliphatic carbocycles. The summed E-state index contributed by atoms with van der Waals surface area (Å²) in [7, 11) is 4.12. The third-order valence-electron chi connectivity index (χ3n) is 4.54. The number of piperidine rings is 1. The molecule has 0 amide bonds. The first-order valence-corrected chi connectivity index (χ1v) is 9.46. The van der Waals surface area contributed by atoms with Gasteiger partial charge in [0.15, 0.2) is 0 Å². The predicted molar refractivity (Wildman–Crippen MR) is 104 cm³/mol. The molecule has 0 aromatic heterocycles. The van der Waals surface area contributed by atoms with Gasteiger partial charge < -0.3 is 14.5 Å². The molecule has 0 spiro atoms. The van der Waals surface area contributed by atoms with Crippen LogP contribution in [0.25, 0.3) is 0 Å². The Hall–Kier alpha value is -1.43. The molecule has 2 rings (SSSR count). The summed E-state index contributed by atoms with van der Waals surface area (Å²) in [6.45, 7) is 13.4. The number of rotatable bonds is 3. The number of nitrogens with zero attached hydrogens (tertiary/aromatic N) is 2. The Morgan fingerprint density at radius 3 is 2.00 bits per heavy atom. The van der Waals surface area contributed by atoms with E-state index in [1.165, 1.54) is 12.1 Å². The van der Waals surface area contributed by atoms with Crippen LogP contribution in [0.5, 0.6) is 5.75 Å². The van der Waals surface area contributed by atoms with Crippen LogP contribution in [0.2, 0.25) is 0 Å². The molecule has 1 aromatic rings. The minimum Gasteiger partial charge on any atom is -0.406 e. The van der Waals surface area contributed by atoms with E-state index < -0.39 is 6.36 Å². The lowest BCUT2D eigenvalue weighted by atomic mass is 9.88. The van der Waals surface area contributed by atoms with Gasteiger partial charge in [-0.2, -0.15) is 0 Å². The number of likely N-dealkylation sites (tertiary alicyclic amines) is 1. The zero-order chi connectivity index (χ0) is 20.5. The first-order chi connectivity index (χ1) is 12.2. The largest absolute Gasteiger partial charge is 0.573 e. The Bertz CT molecular complexity index is 491. The van der Waals surface area contributed by atoms with Crippen LogP contribution in [0, 0.1) is 5.92 Å². The van der Waals surface area contributed by atoms with Gasteiger partial charge in [-0.1, -0.05) is 34.6 Å². The number of halogens is 3. The number of benzene rings is 1.